The van der Waals surface area contributed by atoms with Gasteiger partial charge < -0.3 is 10.5 Å². The predicted octanol–water partition coefficient (Wildman–Crippen LogP) is 3.23. The van der Waals surface area contributed by atoms with Crippen LogP contribution in [0.25, 0.3) is 11.1 Å². The molecule has 19 heavy (non-hydrogen) atoms. The van der Waals surface area contributed by atoms with Crippen LogP contribution in [0.15, 0.2) is 36.4 Å². The topological polar surface area (TPSA) is 35.2 Å². The fourth-order valence-corrected chi connectivity index (χ4v) is 3.37. The molecule has 2 aromatic carbocycles. The Morgan fingerprint density at radius 1 is 1.00 bits per heavy atom. The monoisotopic (exact) mass is 251 g/mol. The lowest BCUT2D eigenvalue weighted by Gasteiger charge is -2.13. The van der Waals surface area contributed by atoms with E-state index in [1.165, 1.54) is 27.8 Å². The van der Waals surface area contributed by atoms with E-state index in [4.69, 9.17) is 10.5 Å². The van der Waals surface area contributed by atoms with Crippen LogP contribution in [0, 0.1) is 0 Å². The van der Waals surface area contributed by atoms with Gasteiger partial charge in [0.1, 0.15) is 5.75 Å². The number of fused-ring (bicyclic) bond motifs is 2. The van der Waals surface area contributed by atoms with Gasteiger partial charge in [-0.05, 0) is 35.1 Å². The Balaban J connectivity index is 1.93. The number of hydrogen-bond acceptors (Lipinski definition) is 2. The van der Waals surface area contributed by atoms with E-state index in [0.29, 0.717) is 0 Å². The molecule has 1 unspecified atom stereocenters. The van der Waals surface area contributed by atoms with Crippen LogP contribution in [0.5, 0.6) is 5.75 Å². The zero-order chi connectivity index (χ0) is 12.8. The van der Waals surface area contributed by atoms with Crippen LogP contribution >= 0.6 is 0 Å². The van der Waals surface area contributed by atoms with Crippen molar-refractivity contribution in [1.29, 1.82) is 0 Å². The van der Waals surface area contributed by atoms with Crippen molar-refractivity contribution in [2.45, 2.75) is 25.3 Å². The molecule has 0 fully saturated rings. The summed E-state index contributed by atoms with van der Waals surface area (Å²) in [7, 11) is 0. The van der Waals surface area contributed by atoms with Crippen LogP contribution in [0.3, 0.4) is 0 Å². The van der Waals surface area contributed by atoms with Crippen LogP contribution in [-0.2, 0) is 12.8 Å². The minimum Gasteiger partial charge on any atom is -0.492 e. The van der Waals surface area contributed by atoms with E-state index >= 15 is 0 Å². The Hall–Kier alpha value is -1.80. The van der Waals surface area contributed by atoms with Crippen LogP contribution in [0.4, 0.5) is 0 Å². The molecule has 0 aromatic heterocycles. The lowest BCUT2D eigenvalue weighted by atomic mass is 9.94. The van der Waals surface area contributed by atoms with Crippen molar-refractivity contribution in [2.24, 2.45) is 5.73 Å². The van der Waals surface area contributed by atoms with Crippen molar-refractivity contribution in [3.8, 4) is 16.9 Å². The lowest BCUT2D eigenvalue weighted by Crippen LogP contribution is -2.04. The van der Waals surface area contributed by atoms with Gasteiger partial charge in [-0.1, -0.05) is 36.4 Å². The Kier molecular flexibility index (Phi) is 2.39. The molecule has 0 radical (unpaired) electrons. The summed E-state index contributed by atoms with van der Waals surface area (Å²) in [6.07, 6.45) is 3.16. The average Bonchev–Trinajstić information content (AvgIpc) is 3.05. The largest absolute Gasteiger partial charge is 0.492 e. The highest BCUT2D eigenvalue weighted by atomic mass is 16.5. The maximum absolute atomic E-state index is 6.17. The van der Waals surface area contributed by atoms with Gasteiger partial charge in [-0.2, -0.15) is 0 Å². The maximum atomic E-state index is 6.17. The summed E-state index contributed by atoms with van der Waals surface area (Å²) in [5.41, 5.74) is 12.8. The van der Waals surface area contributed by atoms with E-state index in [1.54, 1.807) is 0 Å². The van der Waals surface area contributed by atoms with Gasteiger partial charge in [0, 0.05) is 18.0 Å². The average molecular weight is 251 g/mol. The molecule has 1 atom stereocenters. The molecule has 0 saturated carbocycles. The van der Waals surface area contributed by atoms with E-state index in [-0.39, 0.29) is 6.04 Å². The van der Waals surface area contributed by atoms with Gasteiger partial charge in [0.2, 0.25) is 0 Å². The van der Waals surface area contributed by atoms with E-state index in [1.807, 2.05) is 0 Å². The predicted molar refractivity (Wildman–Crippen MR) is 76.3 cm³/mol. The molecule has 2 heteroatoms. The molecular weight excluding hydrogens is 234 g/mol. The molecular formula is C17H17NO. The highest BCUT2D eigenvalue weighted by Crippen LogP contribution is 2.42. The van der Waals surface area contributed by atoms with Gasteiger partial charge >= 0.3 is 0 Å². The first-order valence-corrected chi connectivity index (χ1v) is 6.97. The van der Waals surface area contributed by atoms with Crippen molar-refractivity contribution in [3.63, 3.8) is 0 Å². The number of hydrogen-bond donors (Lipinski definition) is 1. The second kappa shape index (κ2) is 4.10. The highest BCUT2D eigenvalue weighted by molar-refractivity contribution is 5.77. The Labute approximate surface area is 113 Å². The molecule has 2 N–H and O–H groups in total. The lowest BCUT2D eigenvalue weighted by molar-refractivity contribution is 0.358. The number of rotatable bonds is 1. The van der Waals surface area contributed by atoms with Gasteiger partial charge in [-0.15, -0.1) is 0 Å². The molecule has 2 aliphatic rings. The zero-order valence-electron chi connectivity index (χ0n) is 10.9. The van der Waals surface area contributed by atoms with Crippen molar-refractivity contribution in [1.82, 2.24) is 0 Å². The van der Waals surface area contributed by atoms with E-state index in [2.05, 4.69) is 36.4 Å². The molecule has 0 bridgehead atoms. The molecule has 4 rings (SSSR count). The molecule has 1 aliphatic heterocycles. The second-order valence-electron chi connectivity index (χ2n) is 5.41. The third kappa shape index (κ3) is 1.60. The second-order valence-corrected chi connectivity index (χ2v) is 5.41. The highest BCUT2D eigenvalue weighted by Gasteiger charge is 2.24. The molecule has 1 heterocycles. The molecule has 0 saturated heterocycles. The first kappa shape index (κ1) is 11.1. The quantitative estimate of drug-likeness (QED) is 0.844. The van der Waals surface area contributed by atoms with Crippen LogP contribution in [-0.4, -0.2) is 6.61 Å². The molecule has 1 aliphatic carbocycles. The first-order chi connectivity index (χ1) is 9.34. The Morgan fingerprint density at radius 2 is 1.84 bits per heavy atom. The smallest absolute Gasteiger partial charge is 0.130 e. The fourth-order valence-electron chi connectivity index (χ4n) is 3.37. The molecule has 2 aromatic rings. The number of nitrogens with two attached hydrogens (primary N) is 1. The van der Waals surface area contributed by atoms with Crippen molar-refractivity contribution in [2.75, 3.05) is 6.61 Å². The van der Waals surface area contributed by atoms with Gasteiger partial charge in [-0.25, -0.2) is 0 Å². The van der Waals surface area contributed by atoms with Crippen molar-refractivity contribution >= 4 is 0 Å². The number of ether oxygens (including phenoxy) is 1. The summed E-state index contributed by atoms with van der Waals surface area (Å²) in [5.74, 6) is 1.08. The van der Waals surface area contributed by atoms with Crippen molar-refractivity contribution in [3.05, 3.63) is 53.1 Å². The minimum atomic E-state index is 0.202. The van der Waals surface area contributed by atoms with Gasteiger partial charge in [0.05, 0.1) is 6.61 Å². The van der Waals surface area contributed by atoms with Crippen LogP contribution < -0.4 is 10.5 Å². The Morgan fingerprint density at radius 3 is 2.79 bits per heavy atom. The summed E-state index contributed by atoms with van der Waals surface area (Å²) in [6, 6.07) is 13.2. The van der Waals surface area contributed by atoms with E-state index in [0.717, 1.165) is 31.6 Å². The number of benzene rings is 2. The first-order valence-electron chi connectivity index (χ1n) is 6.97. The van der Waals surface area contributed by atoms with Gasteiger partial charge in [-0.3, -0.25) is 0 Å². The summed E-state index contributed by atoms with van der Waals surface area (Å²) in [4.78, 5) is 0. The molecule has 0 amide bonds. The number of para-hydroxylation sites is 1. The maximum Gasteiger partial charge on any atom is 0.130 e. The van der Waals surface area contributed by atoms with Gasteiger partial charge in [0.15, 0.2) is 0 Å². The summed E-state index contributed by atoms with van der Waals surface area (Å²) < 4.78 is 5.84. The summed E-state index contributed by atoms with van der Waals surface area (Å²) >= 11 is 0. The van der Waals surface area contributed by atoms with E-state index < -0.39 is 0 Å². The third-order valence-corrected chi connectivity index (χ3v) is 4.32. The van der Waals surface area contributed by atoms with Crippen molar-refractivity contribution < 1.29 is 4.74 Å². The third-order valence-electron chi connectivity index (χ3n) is 4.32. The standard InChI is InChI=1S/C17H17NO/c18-16-8-7-13-12(4-2-5-14(13)16)15-6-1-3-11-9-10-19-17(11)15/h1-6,16H,7-10,18H2. The fraction of sp³-hybridized carbons (Fsp3) is 0.294. The van der Waals surface area contributed by atoms with Crippen LogP contribution in [0.1, 0.15) is 29.2 Å². The van der Waals surface area contributed by atoms with Gasteiger partial charge in [0.25, 0.3) is 0 Å². The Bertz CT molecular complexity index is 648. The molecule has 96 valence electrons. The van der Waals surface area contributed by atoms with E-state index in [9.17, 15) is 0 Å². The SMILES string of the molecule is NC1CCc2c(-c3cccc4c3OCC4)cccc21. The van der Waals surface area contributed by atoms with Crippen LogP contribution in [0.2, 0.25) is 0 Å². The summed E-state index contributed by atoms with van der Waals surface area (Å²) in [5, 5.41) is 0. The minimum absolute atomic E-state index is 0.202. The summed E-state index contributed by atoms with van der Waals surface area (Å²) in [6.45, 7) is 0.806. The normalized spacial score (nSPS) is 19.9. The zero-order valence-corrected chi connectivity index (χ0v) is 10.9. The molecule has 2 nitrogen and oxygen atoms in total. The molecule has 0 spiro atoms.